The predicted molar refractivity (Wildman–Crippen MR) is 109 cm³/mol. The van der Waals surface area contributed by atoms with Crippen LogP contribution in [0.3, 0.4) is 0 Å². The van der Waals surface area contributed by atoms with Gasteiger partial charge < -0.3 is 14.0 Å². The van der Waals surface area contributed by atoms with Crippen molar-refractivity contribution in [2.45, 2.75) is 32.6 Å². The van der Waals surface area contributed by atoms with E-state index >= 15 is 0 Å². The number of methoxy groups -OCH3 is 1. The highest BCUT2D eigenvalue weighted by Crippen LogP contribution is 2.29. The Kier molecular flexibility index (Phi) is 7.67. The lowest BCUT2D eigenvalue weighted by Crippen LogP contribution is -2.03. The van der Waals surface area contributed by atoms with E-state index in [1.165, 1.54) is 10.9 Å². The Labute approximate surface area is 165 Å². The highest BCUT2D eigenvalue weighted by molar-refractivity contribution is 5.87. The Balaban J connectivity index is 0.00000261. The summed E-state index contributed by atoms with van der Waals surface area (Å²) in [6.07, 6.45) is 8.91. The largest absolute Gasteiger partial charge is 0.497 e. The number of halogens is 1. The highest BCUT2D eigenvalue weighted by Gasteiger charge is 2.11. The molecule has 0 spiro atoms. The molecule has 2 aromatic heterocycles. The Bertz CT molecular complexity index is 878. The Morgan fingerprint density at radius 3 is 2.78 bits per heavy atom. The zero-order chi connectivity index (χ0) is 18.4. The average molecular weight is 389 g/mol. The first kappa shape index (κ1) is 20.8. The molecule has 0 radical (unpaired) electrons. The number of aromatic nitrogens is 2. The second-order valence-corrected chi connectivity index (χ2v) is 6.13. The van der Waals surface area contributed by atoms with E-state index in [9.17, 15) is 4.79 Å². The number of hydrogen-bond donors (Lipinski definition) is 0. The molecule has 0 saturated carbocycles. The monoisotopic (exact) mass is 388 g/mol. The van der Waals surface area contributed by atoms with Crippen molar-refractivity contribution < 1.29 is 14.3 Å². The molecule has 0 bridgehead atoms. The van der Waals surface area contributed by atoms with E-state index in [1.54, 1.807) is 13.3 Å². The number of rotatable bonds is 8. The molecule has 0 aliphatic rings. The van der Waals surface area contributed by atoms with Crippen molar-refractivity contribution in [1.82, 2.24) is 9.55 Å². The maximum atomic E-state index is 11.5. The molecule has 27 heavy (non-hydrogen) atoms. The first-order valence-electron chi connectivity index (χ1n) is 8.97. The van der Waals surface area contributed by atoms with Crippen LogP contribution in [0.5, 0.6) is 5.75 Å². The quantitative estimate of drug-likeness (QED) is 0.413. The summed E-state index contributed by atoms with van der Waals surface area (Å²) in [6.45, 7) is 2.27. The van der Waals surface area contributed by atoms with Crippen LogP contribution in [0.2, 0.25) is 0 Å². The summed E-state index contributed by atoms with van der Waals surface area (Å²) in [5.74, 6) is 0.723. The third kappa shape index (κ3) is 5.01. The van der Waals surface area contributed by atoms with E-state index in [1.807, 2.05) is 31.3 Å². The van der Waals surface area contributed by atoms with Gasteiger partial charge in [-0.15, -0.1) is 12.4 Å². The number of aryl methyl sites for hydroxylation is 1. The molecule has 3 aromatic rings. The molecule has 0 aliphatic heterocycles. The molecular weight excluding hydrogens is 364 g/mol. The van der Waals surface area contributed by atoms with E-state index in [2.05, 4.69) is 27.9 Å². The molecule has 0 aliphatic carbocycles. The van der Waals surface area contributed by atoms with Crippen molar-refractivity contribution in [2.24, 2.45) is 0 Å². The summed E-state index contributed by atoms with van der Waals surface area (Å²) in [4.78, 5) is 15.7. The number of ether oxygens (including phenoxy) is 2. The Hall–Kier alpha value is -2.53. The number of benzene rings is 1. The van der Waals surface area contributed by atoms with Crippen molar-refractivity contribution in [3.8, 4) is 11.4 Å². The maximum absolute atomic E-state index is 11.5. The number of hydrogen-bond acceptors (Lipinski definition) is 4. The molecule has 144 valence electrons. The van der Waals surface area contributed by atoms with Gasteiger partial charge in [-0.3, -0.25) is 9.78 Å². The molecule has 6 heteroatoms. The minimum Gasteiger partial charge on any atom is -0.497 e. The van der Waals surface area contributed by atoms with Gasteiger partial charge in [0, 0.05) is 24.2 Å². The van der Waals surface area contributed by atoms with Crippen LogP contribution < -0.4 is 4.74 Å². The fourth-order valence-electron chi connectivity index (χ4n) is 3.13. The first-order chi connectivity index (χ1) is 12.7. The number of pyridine rings is 1. The first-order valence-corrected chi connectivity index (χ1v) is 8.97. The number of carbonyl (C=O) groups is 1. The number of fused-ring (bicyclic) bond motifs is 1. The number of nitrogens with zero attached hydrogens (tertiary/aromatic N) is 2. The van der Waals surface area contributed by atoms with Gasteiger partial charge in [0.05, 0.1) is 31.1 Å². The van der Waals surface area contributed by atoms with Gasteiger partial charge in [0.15, 0.2) is 0 Å². The standard InChI is InChI=1S/C21H24N2O3.ClH/c1-3-26-21(24)9-5-4-7-16-15-23(17-8-6-12-22-14-17)20-11-10-18(25-2)13-19(16)20;/h6,8,10-15H,3-5,7,9H2,1-2H3;1H. The molecule has 5 nitrogen and oxygen atoms in total. The summed E-state index contributed by atoms with van der Waals surface area (Å²) >= 11 is 0. The van der Waals surface area contributed by atoms with E-state index in [0.29, 0.717) is 13.0 Å². The number of esters is 1. The summed E-state index contributed by atoms with van der Waals surface area (Å²) in [7, 11) is 1.68. The van der Waals surface area contributed by atoms with Crippen LogP contribution in [0.15, 0.2) is 48.9 Å². The van der Waals surface area contributed by atoms with E-state index in [0.717, 1.165) is 36.2 Å². The second-order valence-electron chi connectivity index (χ2n) is 6.13. The minimum atomic E-state index is -0.119. The topological polar surface area (TPSA) is 53.4 Å². The predicted octanol–water partition coefficient (Wildman–Crippen LogP) is 4.73. The number of unbranched alkanes of at least 4 members (excludes halogenated alkanes) is 1. The fraction of sp³-hybridized carbons (Fsp3) is 0.333. The van der Waals surface area contributed by atoms with Crippen molar-refractivity contribution in [1.29, 1.82) is 0 Å². The van der Waals surface area contributed by atoms with E-state index < -0.39 is 0 Å². The Morgan fingerprint density at radius 1 is 1.22 bits per heavy atom. The lowest BCUT2D eigenvalue weighted by Gasteiger charge is -2.05. The lowest BCUT2D eigenvalue weighted by atomic mass is 10.1. The molecule has 1 aromatic carbocycles. The molecule has 0 fully saturated rings. The molecule has 0 amide bonds. The summed E-state index contributed by atoms with van der Waals surface area (Å²) in [5, 5.41) is 1.17. The second kappa shape index (κ2) is 9.97. The van der Waals surface area contributed by atoms with Gasteiger partial charge >= 0.3 is 5.97 Å². The van der Waals surface area contributed by atoms with Crippen LogP contribution in [-0.4, -0.2) is 29.2 Å². The Morgan fingerprint density at radius 2 is 2.07 bits per heavy atom. The van der Waals surface area contributed by atoms with E-state index in [-0.39, 0.29) is 18.4 Å². The van der Waals surface area contributed by atoms with Gasteiger partial charge in [0.2, 0.25) is 0 Å². The third-order valence-electron chi connectivity index (χ3n) is 4.40. The lowest BCUT2D eigenvalue weighted by molar-refractivity contribution is -0.143. The van der Waals surface area contributed by atoms with Crippen LogP contribution in [-0.2, 0) is 16.0 Å². The SMILES string of the molecule is CCOC(=O)CCCCc1cn(-c2cccnc2)c2ccc(OC)cc12.Cl. The van der Waals surface area contributed by atoms with Gasteiger partial charge in [-0.2, -0.15) is 0 Å². The van der Waals surface area contributed by atoms with Crippen LogP contribution in [0.4, 0.5) is 0 Å². The van der Waals surface area contributed by atoms with E-state index in [4.69, 9.17) is 9.47 Å². The molecule has 0 saturated heterocycles. The molecule has 0 unspecified atom stereocenters. The van der Waals surface area contributed by atoms with Crippen molar-refractivity contribution in [2.75, 3.05) is 13.7 Å². The highest BCUT2D eigenvalue weighted by atomic mass is 35.5. The van der Waals surface area contributed by atoms with Gasteiger partial charge in [-0.05, 0) is 62.1 Å². The maximum Gasteiger partial charge on any atom is 0.305 e. The molecule has 3 rings (SSSR count). The normalized spacial score (nSPS) is 10.4. The van der Waals surface area contributed by atoms with Crippen LogP contribution in [0.25, 0.3) is 16.6 Å². The summed E-state index contributed by atoms with van der Waals surface area (Å²) in [5.41, 5.74) is 3.39. The van der Waals surface area contributed by atoms with Crippen LogP contribution in [0, 0.1) is 0 Å². The molecular formula is C21H25ClN2O3. The van der Waals surface area contributed by atoms with Crippen molar-refractivity contribution in [3.05, 3.63) is 54.5 Å². The zero-order valence-electron chi connectivity index (χ0n) is 15.7. The summed E-state index contributed by atoms with van der Waals surface area (Å²) < 4.78 is 12.5. The van der Waals surface area contributed by atoms with Crippen molar-refractivity contribution in [3.63, 3.8) is 0 Å². The van der Waals surface area contributed by atoms with Gasteiger partial charge in [0.25, 0.3) is 0 Å². The molecule has 0 atom stereocenters. The summed E-state index contributed by atoms with van der Waals surface area (Å²) in [6, 6.07) is 10.1. The van der Waals surface area contributed by atoms with Gasteiger partial charge in [-0.1, -0.05) is 0 Å². The van der Waals surface area contributed by atoms with Crippen LogP contribution >= 0.6 is 12.4 Å². The number of carbonyl (C=O) groups excluding carboxylic acids is 1. The average Bonchev–Trinajstić information content (AvgIpc) is 3.04. The molecule has 0 N–H and O–H groups in total. The van der Waals surface area contributed by atoms with Crippen LogP contribution in [0.1, 0.15) is 31.7 Å². The van der Waals surface area contributed by atoms with Gasteiger partial charge in [0.1, 0.15) is 5.75 Å². The van der Waals surface area contributed by atoms with Gasteiger partial charge in [-0.25, -0.2) is 0 Å². The molecule has 2 heterocycles. The minimum absolute atomic E-state index is 0. The third-order valence-corrected chi connectivity index (χ3v) is 4.40. The fourth-order valence-corrected chi connectivity index (χ4v) is 3.13. The zero-order valence-corrected chi connectivity index (χ0v) is 16.5. The van der Waals surface area contributed by atoms with Crippen molar-refractivity contribution >= 4 is 29.3 Å². The smallest absolute Gasteiger partial charge is 0.305 e.